The van der Waals surface area contributed by atoms with Crippen molar-refractivity contribution in [3.63, 3.8) is 0 Å². The minimum atomic E-state index is 0.845. The van der Waals surface area contributed by atoms with Gasteiger partial charge in [0, 0.05) is 38.8 Å². The van der Waals surface area contributed by atoms with Crippen molar-refractivity contribution in [3.8, 4) is 0 Å². The van der Waals surface area contributed by atoms with Crippen LogP contribution in [-0.2, 0) is 11.2 Å². The normalized spacial score (nSPS) is 16.3. The van der Waals surface area contributed by atoms with Gasteiger partial charge in [-0.2, -0.15) is 0 Å². The monoisotopic (exact) mass is 265 g/mol. The van der Waals surface area contributed by atoms with Gasteiger partial charge in [0.1, 0.15) is 18.0 Å². The third-order valence-electron chi connectivity index (χ3n) is 3.36. The van der Waals surface area contributed by atoms with Crippen molar-refractivity contribution in [2.24, 2.45) is 0 Å². The van der Waals surface area contributed by atoms with Gasteiger partial charge in [-0.1, -0.05) is 6.92 Å². The van der Waals surface area contributed by atoms with Gasteiger partial charge in [-0.15, -0.1) is 0 Å². The first-order valence-electron chi connectivity index (χ1n) is 6.90. The largest absolute Gasteiger partial charge is 0.379 e. The Balaban J connectivity index is 1.88. The molecule has 1 fully saturated rings. The SMILES string of the molecule is CCc1c(NC)ncnc1NCCN1CCOCC1. The fraction of sp³-hybridized carbons (Fsp3) is 0.692. The molecule has 0 saturated carbocycles. The van der Waals surface area contributed by atoms with Crippen molar-refractivity contribution in [2.45, 2.75) is 13.3 Å². The van der Waals surface area contributed by atoms with E-state index >= 15 is 0 Å². The Labute approximate surface area is 114 Å². The molecule has 0 aromatic carbocycles. The van der Waals surface area contributed by atoms with E-state index < -0.39 is 0 Å². The molecular formula is C13H23N5O. The highest BCUT2D eigenvalue weighted by molar-refractivity contribution is 5.57. The Morgan fingerprint density at radius 2 is 2.00 bits per heavy atom. The Bertz CT molecular complexity index is 393. The molecule has 1 saturated heterocycles. The van der Waals surface area contributed by atoms with Gasteiger partial charge in [0.2, 0.25) is 0 Å². The van der Waals surface area contributed by atoms with Crippen LogP contribution in [0, 0.1) is 0 Å². The highest BCUT2D eigenvalue weighted by Crippen LogP contribution is 2.19. The number of nitrogens with zero attached hydrogens (tertiary/aromatic N) is 3. The summed E-state index contributed by atoms with van der Waals surface area (Å²) < 4.78 is 5.34. The van der Waals surface area contributed by atoms with Crippen LogP contribution in [0.3, 0.4) is 0 Å². The van der Waals surface area contributed by atoms with Crippen molar-refractivity contribution in [3.05, 3.63) is 11.9 Å². The highest BCUT2D eigenvalue weighted by atomic mass is 16.5. The van der Waals surface area contributed by atoms with Crippen LogP contribution in [0.15, 0.2) is 6.33 Å². The lowest BCUT2D eigenvalue weighted by Crippen LogP contribution is -2.39. The van der Waals surface area contributed by atoms with Crippen LogP contribution in [0.1, 0.15) is 12.5 Å². The van der Waals surface area contributed by atoms with Gasteiger partial charge < -0.3 is 15.4 Å². The Kier molecular flexibility index (Phi) is 5.35. The van der Waals surface area contributed by atoms with Gasteiger partial charge in [0.05, 0.1) is 13.2 Å². The smallest absolute Gasteiger partial charge is 0.134 e. The molecule has 1 aliphatic rings. The Morgan fingerprint density at radius 1 is 1.26 bits per heavy atom. The minimum Gasteiger partial charge on any atom is -0.379 e. The standard InChI is InChI=1S/C13H23N5O/c1-3-11-12(14-2)16-10-17-13(11)15-4-5-18-6-8-19-9-7-18/h10H,3-9H2,1-2H3,(H2,14,15,16,17). The molecule has 0 radical (unpaired) electrons. The molecule has 1 aromatic heterocycles. The molecule has 19 heavy (non-hydrogen) atoms. The average Bonchev–Trinajstić information content (AvgIpc) is 2.48. The van der Waals surface area contributed by atoms with Gasteiger partial charge >= 0.3 is 0 Å². The molecule has 0 bridgehead atoms. The second kappa shape index (κ2) is 7.25. The van der Waals surface area contributed by atoms with Gasteiger partial charge in [-0.3, -0.25) is 4.90 Å². The van der Waals surface area contributed by atoms with Crippen LogP contribution < -0.4 is 10.6 Å². The second-order valence-electron chi connectivity index (χ2n) is 4.53. The fourth-order valence-corrected chi connectivity index (χ4v) is 2.27. The van der Waals surface area contributed by atoms with Crippen molar-refractivity contribution in [2.75, 3.05) is 57.1 Å². The van der Waals surface area contributed by atoms with E-state index in [0.717, 1.165) is 63.0 Å². The third kappa shape index (κ3) is 3.78. The third-order valence-corrected chi connectivity index (χ3v) is 3.36. The summed E-state index contributed by atoms with van der Waals surface area (Å²) in [6.45, 7) is 7.77. The summed E-state index contributed by atoms with van der Waals surface area (Å²) in [4.78, 5) is 11.0. The lowest BCUT2D eigenvalue weighted by molar-refractivity contribution is 0.0398. The van der Waals surface area contributed by atoms with E-state index in [0.29, 0.717) is 0 Å². The lowest BCUT2D eigenvalue weighted by Gasteiger charge is -2.26. The van der Waals surface area contributed by atoms with E-state index in [2.05, 4.69) is 32.4 Å². The maximum absolute atomic E-state index is 5.34. The molecule has 0 aliphatic carbocycles. The van der Waals surface area contributed by atoms with Gasteiger partial charge in [-0.25, -0.2) is 9.97 Å². The van der Waals surface area contributed by atoms with Crippen LogP contribution in [-0.4, -0.2) is 61.3 Å². The molecule has 0 unspecified atom stereocenters. The summed E-state index contributed by atoms with van der Waals surface area (Å²) in [6, 6.07) is 0. The minimum absolute atomic E-state index is 0.845. The number of hydrogen-bond donors (Lipinski definition) is 2. The van der Waals surface area contributed by atoms with Crippen LogP contribution in [0.5, 0.6) is 0 Å². The zero-order valence-electron chi connectivity index (χ0n) is 11.8. The molecule has 0 spiro atoms. The van der Waals surface area contributed by atoms with Crippen LogP contribution in [0.25, 0.3) is 0 Å². The summed E-state index contributed by atoms with van der Waals surface area (Å²) in [7, 11) is 1.89. The first-order chi connectivity index (χ1) is 9.35. The highest BCUT2D eigenvalue weighted by Gasteiger charge is 2.11. The maximum Gasteiger partial charge on any atom is 0.134 e. The van der Waals surface area contributed by atoms with Crippen molar-refractivity contribution < 1.29 is 4.74 Å². The first-order valence-corrected chi connectivity index (χ1v) is 6.90. The van der Waals surface area contributed by atoms with Crippen molar-refractivity contribution in [1.82, 2.24) is 14.9 Å². The Morgan fingerprint density at radius 3 is 2.68 bits per heavy atom. The van der Waals surface area contributed by atoms with E-state index in [9.17, 15) is 0 Å². The van der Waals surface area contributed by atoms with Gasteiger partial charge in [-0.05, 0) is 6.42 Å². The second-order valence-corrected chi connectivity index (χ2v) is 4.53. The molecule has 6 nitrogen and oxygen atoms in total. The number of hydrogen-bond acceptors (Lipinski definition) is 6. The quantitative estimate of drug-likeness (QED) is 0.794. The maximum atomic E-state index is 5.34. The molecular weight excluding hydrogens is 242 g/mol. The molecule has 2 rings (SSSR count). The lowest BCUT2D eigenvalue weighted by atomic mass is 10.2. The molecule has 6 heteroatoms. The fourth-order valence-electron chi connectivity index (χ4n) is 2.27. The molecule has 1 aromatic rings. The first kappa shape index (κ1) is 14.0. The predicted octanol–water partition coefficient (Wildman–Crippen LogP) is 0.825. The summed E-state index contributed by atoms with van der Waals surface area (Å²) in [5.41, 5.74) is 1.15. The summed E-state index contributed by atoms with van der Waals surface area (Å²) in [5, 5.41) is 6.52. The predicted molar refractivity (Wildman–Crippen MR) is 76.7 cm³/mol. The zero-order valence-corrected chi connectivity index (χ0v) is 11.8. The van der Waals surface area contributed by atoms with E-state index in [1.807, 2.05) is 7.05 Å². The number of rotatable bonds is 6. The summed E-state index contributed by atoms with van der Waals surface area (Å²) in [5.74, 6) is 1.85. The van der Waals surface area contributed by atoms with Gasteiger partial charge in [0.15, 0.2) is 0 Å². The van der Waals surface area contributed by atoms with Crippen molar-refractivity contribution in [1.29, 1.82) is 0 Å². The number of anilines is 2. The van der Waals surface area contributed by atoms with E-state index in [-0.39, 0.29) is 0 Å². The molecule has 106 valence electrons. The van der Waals surface area contributed by atoms with Gasteiger partial charge in [0.25, 0.3) is 0 Å². The van der Waals surface area contributed by atoms with E-state index in [1.54, 1.807) is 6.33 Å². The van der Waals surface area contributed by atoms with Crippen molar-refractivity contribution >= 4 is 11.6 Å². The topological polar surface area (TPSA) is 62.3 Å². The number of ether oxygens (including phenoxy) is 1. The summed E-state index contributed by atoms with van der Waals surface area (Å²) >= 11 is 0. The number of aromatic nitrogens is 2. The summed E-state index contributed by atoms with van der Waals surface area (Å²) in [6.07, 6.45) is 2.51. The average molecular weight is 265 g/mol. The van der Waals surface area contributed by atoms with Crippen LogP contribution in [0.4, 0.5) is 11.6 Å². The number of nitrogens with one attached hydrogen (secondary N) is 2. The van der Waals surface area contributed by atoms with E-state index in [1.165, 1.54) is 0 Å². The molecule has 2 N–H and O–H groups in total. The van der Waals surface area contributed by atoms with Crippen LogP contribution in [0.2, 0.25) is 0 Å². The molecule has 0 amide bonds. The molecule has 2 heterocycles. The molecule has 0 atom stereocenters. The Hall–Kier alpha value is -1.40. The number of morpholine rings is 1. The van der Waals surface area contributed by atoms with E-state index in [4.69, 9.17) is 4.74 Å². The zero-order chi connectivity index (χ0) is 13.5. The van der Waals surface area contributed by atoms with Crippen LogP contribution >= 0.6 is 0 Å². The molecule has 1 aliphatic heterocycles.